The van der Waals surface area contributed by atoms with Gasteiger partial charge in [-0.05, 0) is 18.9 Å². The molecule has 2 rings (SSSR count). The second-order valence-corrected chi connectivity index (χ2v) is 5.18. The smallest absolute Gasteiger partial charge is 0.270 e. The number of non-ortho nitro benzene ring substituents is 1. The zero-order chi connectivity index (χ0) is 15.4. The number of nitrogens with one attached hydrogen (secondary N) is 2. The van der Waals surface area contributed by atoms with Gasteiger partial charge in [0, 0.05) is 31.1 Å². The highest BCUT2D eigenvalue weighted by atomic mass is 35.5. The van der Waals surface area contributed by atoms with Crippen LogP contribution in [0.25, 0.3) is 0 Å². The maximum Gasteiger partial charge on any atom is 0.270 e. The van der Waals surface area contributed by atoms with Crippen molar-refractivity contribution in [2.75, 3.05) is 6.54 Å². The second kappa shape index (κ2) is 6.53. The van der Waals surface area contributed by atoms with Crippen molar-refractivity contribution in [3.8, 4) is 0 Å². The van der Waals surface area contributed by atoms with Crippen LogP contribution in [-0.4, -0.2) is 29.3 Å². The molecular weight excluding hydrogens is 298 g/mol. The molecule has 1 aliphatic carbocycles. The van der Waals surface area contributed by atoms with Crippen molar-refractivity contribution >= 4 is 29.1 Å². The number of nitro groups is 1. The lowest BCUT2D eigenvalue weighted by Gasteiger charge is -2.07. The van der Waals surface area contributed by atoms with E-state index in [2.05, 4.69) is 10.6 Å². The van der Waals surface area contributed by atoms with Crippen LogP contribution in [0.1, 0.15) is 29.6 Å². The van der Waals surface area contributed by atoms with Crippen LogP contribution < -0.4 is 10.6 Å². The summed E-state index contributed by atoms with van der Waals surface area (Å²) in [4.78, 5) is 33.3. The van der Waals surface area contributed by atoms with Gasteiger partial charge < -0.3 is 10.6 Å². The van der Waals surface area contributed by atoms with Crippen LogP contribution in [0.4, 0.5) is 5.69 Å². The first kappa shape index (κ1) is 15.2. The molecule has 0 spiro atoms. The van der Waals surface area contributed by atoms with Gasteiger partial charge in [0.25, 0.3) is 11.6 Å². The Morgan fingerprint density at radius 2 is 2.10 bits per heavy atom. The standard InChI is InChI=1S/C13H14ClN3O4/c14-11-7-9(17(20)21)3-4-10(11)13(19)15-6-5-12(18)16-8-1-2-8/h3-4,7-8H,1-2,5-6H2,(H,15,19)(H,16,18). The number of amides is 2. The molecule has 2 N–H and O–H groups in total. The predicted octanol–water partition coefficient (Wildman–Crippen LogP) is 1.65. The molecule has 0 saturated heterocycles. The third-order valence-electron chi connectivity index (χ3n) is 2.99. The van der Waals surface area contributed by atoms with Crippen molar-refractivity contribution in [2.24, 2.45) is 0 Å². The molecule has 1 aliphatic rings. The normalized spacial score (nSPS) is 13.6. The van der Waals surface area contributed by atoms with Crippen molar-refractivity contribution in [1.82, 2.24) is 10.6 Å². The second-order valence-electron chi connectivity index (χ2n) is 4.77. The quantitative estimate of drug-likeness (QED) is 0.616. The molecule has 0 aliphatic heterocycles. The van der Waals surface area contributed by atoms with Crippen LogP contribution in [0.15, 0.2) is 18.2 Å². The molecule has 112 valence electrons. The van der Waals surface area contributed by atoms with Crippen molar-refractivity contribution < 1.29 is 14.5 Å². The van der Waals surface area contributed by atoms with E-state index in [9.17, 15) is 19.7 Å². The molecule has 1 aromatic rings. The Labute approximate surface area is 125 Å². The zero-order valence-corrected chi connectivity index (χ0v) is 11.9. The number of carbonyl (C=O) groups excluding carboxylic acids is 2. The zero-order valence-electron chi connectivity index (χ0n) is 11.1. The SMILES string of the molecule is O=C(CCNC(=O)c1ccc([N+](=O)[O-])cc1Cl)NC1CC1. The monoisotopic (exact) mass is 311 g/mol. The lowest BCUT2D eigenvalue weighted by Crippen LogP contribution is -2.31. The number of hydrogen-bond acceptors (Lipinski definition) is 4. The Morgan fingerprint density at radius 3 is 2.67 bits per heavy atom. The van der Waals surface area contributed by atoms with E-state index < -0.39 is 10.8 Å². The van der Waals surface area contributed by atoms with Gasteiger partial charge in [0.05, 0.1) is 15.5 Å². The molecule has 7 nitrogen and oxygen atoms in total. The van der Waals surface area contributed by atoms with E-state index in [-0.39, 0.29) is 41.2 Å². The van der Waals surface area contributed by atoms with Gasteiger partial charge in [-0.3, -0.25) is 19.7 Å². The molecular formula is C13H14ClN3O4. The minimum Gasteiger partial charge on any atom is -0.353 e. The number of nitro benzene ring substituents is 1. The molecule has 0 radical (unpaired) electrons. The number of halogens is 1. The van der Waals surface area contributed by atoms with Crippen molar-refractivity contribution in [1.29, 1.82) is 0 Å². The van der Waals surface area contributed by atoms with Gasteiger partial charge in [-0.25, -0.2) is 0 Å². The van der Waals surface area contributed by atoms with E-state index in [4.69, 9.17) is 11.6 Å². The molecule has 1 fully saturated rings. The van der Waals surface area contributed by atoms with Crippen LogP contribution in [-0.2, 0) is 4.79 Å². The molecule has 1 aromatic carbocycles. The summed E-state index contributed by atoms with van der Waals surface area (Å²) in [6, 6.07) is 3.91. The molecule has 0 unspecified atom stereocenters. The molecule has 8 heteroatoms. The Hall–Kier alpha value is -2.15. The minimum atomic E-state index is -0.588. The Bertz CT molecular complexity index is 587. The van der Waals surface area contributed by atoms with Gasteiger partial charge in [0.15, 0.2) is 0 Å². The first-order valence-electron chi connectivity index (χ1n) is 6.49. The van der Waals surface area contributed by atoms with Gasteiger partial charge in [-0.2, -0.15) is 0 Å². The van der Waals surface area contributed by atoms with E-state index >= 15 is 0 Å². The summed E-state index contributed by atoms with van der Waals surface area (Å²) >= 11 is 5.84. The third-order valence-corrected chi connectivity index (χ3v) is 3.30. The Balaban J connectivity index is 1.84. The summed E-state index contributed by atoms with van der Waals surface area (Å²) in [7, 11) is 0. The van der Waals surface area contributed by atoms with Crippen molar-refractivity contribution in [3.05, 3.63) is 38.9 Å². The summed E-state index contributed by atoms with van der Waals surface area (Å²) in [5.41, 5.74) is -0.0368. The number of hydrogen-bond donors (Lipinski definition) is 2. The number of nitrogens with zero attached hydrogens (tertiary/aromatic N) is 1. The lowest BCUT2D eigenvalue weighted by molar-refractivity contribution is -0.384. The highest BCUT2D eigenvalue weighted by Crippen LogP contribution is 2.22. The van der Waals surface area contributed by atoms with Gasteiger partial charge in [0.2, 0.25) is 5.91 Å². The maximum absolute atomic E-state index is 11.9. The Kier molecular flexibility index (Phi) is 4.74. The summed E-state index contributed by atoms with van der Waals surface area (Å²) in [5, 5.41) is 15.9. The third kappa shape index (κ3) is 4.42. The first-order chi connectivity index (χ1) is 9.97. The average Bonchev–Trinajstić information content (AvgIpc) is 3.22. The number of rotatable bonds is 6. The largest absolute Gasteiger partial charge is 0.353 e. The maximum atomic E-state index is 11.9. The van der Waals surface area contributed by atoms with Gasteiger partial charge >= 0.3 is 0 Å². The van der Waals surface area contributed by atoms with Gasteiger partial charge in [-0.15, -0.1) is 0 Å². The molecule has 0 bridgehead atoms. The lowest BCUT2D eigenvalue weighted by atomic mass is 10.2. The van der Waals surface area contributed by atoms with Crippen molar-refractivity contribution in [2.45, 2.75) is 25.3 Å². The predicted molar refractivity (Wildman–Crippen MR) is 76.2 cm³/mol. The summed E-state index contributed by atoms with van der Waals surface area (Å²) < 4.78 is 0. The molecule has 0 heterocycles. The first-order valence-corrected chi connectivity index (χ1v) is 6.86. The fraction of sp³-hybridized carbons (Fsp3) is 0.385. The van der Waals surface area contributed by atoms with Crippen LogP contribution in [0, 0.1) is 10.1 Å². The number of carbonyl (C=O) groups is 2. The van der Waals surface area contributed by atoms with E-state index in [0.29, 0.717) is 0 Å². The van der Waals surface area contributed by atoms with E-state index in [0.717, 1.165) is 18.9 Å². The average molecular weight is 312 g/mol. The van der Waals surface area contributed by atoms with E-state index in [1.807, 2.05) is 0 Å². The van der Waals surface area contributed by atoms with Gasteiger partial charge in [0.1, 0.15) is 0 Å². The molecule has 1 saturated carbocycles. The van der Waals surface area contributed by atoms with E-state index in [1.54, 1.807) is 0 Å². The molecule has 0 aromatic heterocycles. The van der Waals surface area contributed by atoms with Crippen molar-refractivity contribution in [3.63, 3.8) is 0 Å². The minimum absolute atomic E-state index is 0.00383. The number of benzene rings is 1. The van der Waals surface area contributed by atoms with Crippen LogP contribution >= 0.6 is 11.6 Å². The molecule has 2 amide bonds. The van der Waals surface area contributed by atoms with E-state index in [1.165, 1.54) is 12.1 Å². The van der Waals surface area contributed by atoms with Gasteiger partial charge in [-0.1, -0.05) is 11.6 Å². The Morgan fingerprint density at radius 1 is 1.38 bits per heavy atom. The van der Waals surface area contributed by atoms with Crippen LogP contribution in [0.2, 0.25) is 5.02 Å². The molecule has 21 heavy (non-hydrogen) atoms. The van der Waals surface area contributed by atoms with Crippen LogP contribution in [0.3, 0.4) is 0 Å². The fourth-order valence-electron chi connectivity index (χ4n) is 1.71. The van der Waals surface area contributed by atoms with Crippen LogP contribution in [0.5, 0.6) is 0 Å². The summed E-state index contributed by atoms with van der Waals surface area (Å²) in [6.45, 7) is 0.185. The highest BCUT2D eigenvalue weighted by molar-refractivity contribution is 6.34. The fourth-order valence-corrected chi connectivity index (χ4v) is 1.97. The summed E-state index contributed by atoms with van der Waals surface area (Å²) in [6.07, 6.45) is 2.21. The summed E-state index contributed by atoms with van der Waals surface area (Å²) in [5.74, 6) is -0.568. The highest BCUT2D eigenvalue weighted by Gasteiger charge is 2.23. The topological polar surface area (TPSA) is 101 Å². The molecule has 0 atom stereocenters.